The summed E-state index contributed by atoms with van der Waals surface area (Å²) in [6, 6.07) is 0. The lowest BCUT2D eigenvalue weighted by atomic mass is 10.0. The van der Waals surface area contributed by atoms with E-state index in [1.54, 1.807) is 0 Å². The van der Waals surface area contributed by atoms with Gasteiger partial charge in [0.1, 0.15) is 0 Å². The Kier molecular flexibility index (Phi) is 7.25. The molecule has 0 bridgehead atoms. The molecule has 1 fully saturated rings. The second-order valence-electron chi connectivity index (χ2n) is 6.92. The fourth-order valence-electron chi connectivity index (χ4n) is 2.87. The second kappa shape index (κ2) is 8.16. The first-order valence-corrected chi connectivity index (χ1v) is 7.98. The third-order valence-corrected chi connectivity index (χ3v) is 4.16. The van der Waals surface area contributed by atoms with Crippen LogP contribution in [0.2, 0.25) is 0 Å². The molecule has 108 valence electrons. The molecule has 0 saturated carbocycles. The van der Waals surface area contributed by atoms with Crippen LogP contribution in [0.1, 0.15) is 66.2 Å². The number of rotatable bonds is 9. The molecule has 1 rings (SSSR count). The summed E-state index contributed by atoms with van der Waals surface area (Å²) in [6.45, 7) is 14.3. The zero-order valence-corrected chi connectivity index (χ0v) is 13.1. The lowest BCUT2D eigenvalue weighted by molar-refractivity contribution is 0.171. The highest BCUT2D eigenvalue weighted by atomic mass is 15.2. The van der Waals surface area contributed by atoms with Gasteiger partial charge in [-0.15, -0.1) is 0 Å². The van der Waals surface area contributed by atoms with E-state index in [1.807, 2.05) is 0 Å². The van der Waals surface area contributed by atoms with Gasteiger partial charge in [0.2, 0.25) is 0 Å². The molecule has 1 aliphatic heterocycles. The molecule has 0 spiro atoms. The van der Waals surface area contributed by atoms with Crippen molar-refractivity contribution in [2.24, 2.45) is 5.92 Å². The molecule has 18 heavy (non-hydrogen) atoms. The lowest BCUT2D eigenvalue weighted by Crippen LogP contribution is -2.38. The van der Waals surface area contributed by atoms with Crippen molar-refractivity contribution in [3.8, 4) is 0 Å². The summed E-state index contributed by atoms with van der Waals surface area (Å²) in [5.41, 5.74) is 0.471. The van der Waals surface area contributed by atoms with E-state index in [4.69, 9.17) is 0 Å². The van der Waals surface area contributed by atoms with E-state index < -0.39 is 0 Å². The van der Waals surface area contributed by atoms with E-state index in [0.29, 0.717) is 5.54 Å². The van der Waals surface area contributed by atoms with Crippen LogP contribution >= 0.6 is 0 Å². The molecular weight excluding hydrogens is 220 g/mol. The van der Waals surface area contributed by atoms with E-state index >= 15 is 0 Å². The molecule has 0 aromatic carbocycles. The maximum absolute atomic E-state index is 3.52. The predicted molar refractivity (Wildman–Crippen MR) is 81.1 cm³/mol. The van der Waals surface area contributed by atoms with Crippen molar-refractivity contribution in [2.75, 3.05) is 26.2 Å². The molecule has 0 amide bonds. The second-order valence-corrected chi connectivity index (χ2v) is 6.92. The van der Waals surface area contributed by atoms with Crippen LogP contribution in [0.5, 0.6) is 0 Å². The first kappa shape index (κ1) is 16.0. The van der Waals surface area contributed by atoms with Gasteiger partial charge in [-0.3, -0.25) is 4.90 Å². The maximum Gasteiger partial charge on any atom is 0.0153 e. The van der Waals surface area contributed by atoms with E-state index in [9.17, 15) is 0 Å². The number of hydrogen-bond acceptors (Lipinski definition) is 2. The minimum atomic E-state index is 0.471. The number of nitrogens with zero attached hydrogens (tertiary/aromatic N) is 1. The molecule has 1 heterocycles. The van der Waals surface area contributed by atoms with Crippen LogP contribution in [0, 0.1) is 5.92 Å². The number of likely N-dealkylation sites (tertiary alicyclic amines) is 1. The standard InChI is InChI=1S/C16H34N2/c1-15(2)14-17-11-7-5-6-8-12-18-13-9-10-16(18,3)4/h15,17H,5-14H2,1-4H3. The van der Waals surface area contributed by atoms with Gasteiger partial charge in [-0.1, -0.05) is 26.7 Å². The summed E-state index contributed by atoms with van der Waals surface area (Å²) in [5.74, 6) is 0.780. The van der Waals surface area contributed by atoms with E-state index in [0.717, 1.165) is 5.92 Å². The molecule has 0 aliphatic carbocycles. The van der Waals surface area contributed by atoms with Gasteiger partial charge in [0.15, 0.2) is 0 Å². The summed E-state index contributed by atoms with van der Waals surface area (Å²) in [7, 11) is 0. The normalized spacial score (nSPS) is 19.8. The van der Waals surface area contributed by atoms with Crippen molar-refractivity contribution in [1.82, 2.24) is 10.2 Å². The van der Waals surface area contributed by atoms with Gasteiger partial charge in [-0.25, -0.2) is 0 Å². The average Bonchev–Trinajstić information content (AvgIpc) is 2.61. The molecule has 1 saturated heterocycles. The Bertz CT molecular complexity index is 211. The molecule has 1 aliphatic rings. The van der Waals surface area contributed by atoms with Crippen molar-refractivity contribution in [3.63, 3.8) is 0 Å². The third-order valence-electron chi connectivity index (χ3n) is 4.16. The fraction of sp³-hybridized carbons (Fsp3) is 1.00. The first-order valence-electron chi connectivity index (χ1n) is 7.98. The third kappa shape index (κ3) is 6.19. The average molecular weight is 254 g/mol. The molecule has 0 aromatic heterocycles. The molecule has 0 atom stereocenters. The van der Waals surface area contributed by atoms with Crippen molar-refractivity contribution < 1.29 is 0 Å². The molecule has 2 nitrogen and oxygen atoms in total. The Hall–Kier alpha value is -0.0800. The minimum absolute atomic E-state index is 0.471. The molecular formula is C16H34N2. The maximum atomic E-state index is 3.52. The van der Waals surface area contributed by atoms with Gasteiger partial charge in [0.25, 0.3) is 0 Å². The lowest BCUT2D eigenvalue weighted by Gasteiger charge is -2.31. The molecule has 0 radical (unpaired) electrons. The number of unbranched alkanes of at least 4 members (excludes halogenated alkanes) is 3. The monoisotopic (exact) mass is 254 g/mol. The largest absolute Gasteiger partial charge is 0.316 e. The smallest absolute Gasteiger partial charge is 0.0153 e. The molecule has 0 aromatic rings. The minimum Gasteiger partial charge on any atom is -0.316 e. The quantitative estimate of drug-likeness (QED) is 0.632. The summed E-state index contributed by atoms with van der Waals surface area (Å²) >= 11 is 0. The molecule has 0 unspecified atom stereocenters. The van der Waals surface area contributed by atoms with Crippen LogP contribution in [-0.2, 0) is 0 Å². The van der Waals surface area contributed by atoms with Crippen LogP contribution < -0.4 is 5.32 Å². The molecule has 1 N–H and O–H groups in total. The Labute approximate surface area is 115 Å². The highest BCUT2D eigenvalue weighted by Crippen LogP contribution is 2.28. The van der Waals surface area contributed by atoms with E-state index in [-0.39, 0.29) is 0 Å². The highest BCUT2D eigenvalue weighted by molar-refractivity contribution is 4.87. The molecule has 2 heteroatoms. The summed E-state index contributed by atoms with van der Waals surface area (Å²) in [5, 5.41) is 3.52. The van der Waals surface area contributed by atoms with Crippen LogP contribution in [-0.4, -0.2) is 36.6 Å². The number of nitrogens with one attached hydrogen (secondary N) is 1. The highest BCUT2D eigenvalue weighted by Gasteiger charge is 2.30. The van der Waals surface area contributed by atoms with Crippen LogP contribution in [0.4, 0.5) is 0 Å². The Morgan fingerprint density at radius 1 is 1.11 bits per heavy atom. The van der Waals surface area contributed by atoms with Crippen LogP contribution in [0.25, 0.3) is 0 Å². The van der Waals surface area contributed by atoms with Crippen molar-refractivity contribution in [3.05, 3.63) is 0 Å². The van der Waals surface area contributed by atoms with Crippen molar-refractivity contribution in [1.29, 1.82) is 0 Å². The van der Waals surface area contributed by atoms with Gasteiger partial charge in [0.05, 0.1) is 0 Å². The van der Waals surface area contributed by atoms with Gasteiger partial charge < -0.3 is 5.32 Å². The van der Waals surface area contributed by atoms with E-state index in [2.05, 4.69) is 37.9 Å². The predicted octanol–water partition coefficient (Wildman–Crippen LogP) is 3.67. The summed E-state index contributed by atoms with van der Waals surface area (Å²) in [6.07, 6.45) is 8.29. The Morgan fingerprint density at radius 3 is 2.44 bits per heavy atom. The SMILES string of the molecule is CC(C)CNCCCCCCN1CCCC1(C)C. The van der Waals surface area contributed by atoms with Crippen LogP contribution in [0.15, 0.2) is 0 Å². The fourth-order valence-corrected chi connectivity index (χ4v) is 2.87. The Balaban J connectivity index is 1.90. The first-order chi connectivity index (χ1) is 8.52. The van der Waals surface area contributed by atoms with Gasteiger partial charge >= 0.3 is 0 Å². The van der Waals surface area contributed by atoms with Crippen LogP contribution in [0.3, 0.4) is 0 Å². The number of hydrogen-bond donors (Lipinski definition) is 1. The van der Waals surface area contributed by atoms with Gasteiger partial charge in [-0.05, 0) is 71.6 Å². The zero-order valence-electron chi connectivity index (χ0n) is 13.1. The topological polar surface area (TPSA) is 15.3 Å². The van der Waals surface area contributed by atoms with Crippen molar-refractivity contribution >= 4 is 0 Å². The van der Waals surface area contributed by atoms with Gasteiger partial charge in [-0.2, -0.15) is 0 Å². The Morgan fingerprint density at radius 2 is 1.83 bits per heavy atom. The van der Waals surface area contributed by atoms with Gasteiger partial charge in [0, 0.05) is 5.54 Å². The van der Waals surface area contributed by atoms with E-state index in [1.165, 1.54) is 64.7 Å². The zero-order chi connectivity index (χ0) is 13.4. The van der Waals surface area contributed by atoms with Crippen molar-refractivity contribution in [2.45, 2.75) is 71.8 Å². The summed E-state index contributed by atoms with van der Waals surface area (Å²) in [4.78, 5) is 2.68. The summed E-state index contributed by atoms with van der Waals surface area (Å²) < 4.78 is 0.